The summed E-state index contributed by atoms with van der Waals surface area (Å²) in [7, 11) is 0. The average Bonchev–Trinajstić information content (AvgIpc) is 2.30. The van der Waals surface area contributed by atoms with Crippen LogP contribution in [-0.2, 0) is 11.2 Å². The number of phenolic OH excluding ortho intramolecular Hbond substituents is 2. The van der Waals surface area contributed by atoms with E-state index in [-0.39, 0.29) is 24.5 Å². The molecule has 1 rings (SSSR count). The lowest BCUT2D eigenvalue weighted by Crippen LogP contribution is -2.42. The number of nitrogens with two attached hydrogens (primary N) is 1. The van der Waals surface area contributed by atoms with Gasteiger partial charge in [0.1, 0.15) is 6.54 Å². The van der Waals surface area contributed by atoms with Crippen molar-refractivity contribution >= 4 is 5.91 Å². The van der Waals surface area contributed by atoms with Crippen LogP contribution in [0.4, 0.5) is 0 Å². The molecule has 0 aromatic heterocycles. The third-order valence-electron chi connectivity index (χ3n) is 2.17. The normalized spacial score (nSPS) is 11.5. The number of hydrogen-bond acceptors (Lipinski definition) is 5. The molecular weight excluding hydrogens is 222 g/mol. The zero-order valence-electron chi connectivity index (χ0n) is 9.05. The summed E-state index contributed by atoms with van der Waals surface area (Å²) in [6.45, 7) is -0.0899. The number of rotatable bonds is 4. The maximum absolute atomic E-state index is 11.4. The van der Waals surface area contributed by atoms with E-state index in [0.717, 1.165) is 0 Å². The molecule has 0 aliphatic heterocycles. The van der Waals surface area contributed by atoms with Crippen molar-refractivity contribution in [3.8, 4) is 17.6 Å². The van der Waals surface area contributed by atoms with E-state index >= 15 is 0 Å². The van der Waals surface area contributed by atoms with Crippen LogP contribution in [-0.4, -0.2) is 28.7 Å². The number of carbonyl (C=O) groups excluding carboxylic acids is 1. The predicted molar refractivity (Wildman–Crippen MR) is 60.1 cm³/mol. The van der Waals surface area contributed by atoms with E-state index in [2.05, 4.69) is 5.32 Å². The Balaban J connectivity index is 2.62. The Bertz CT molecular complexity index is 454. The molecule has 0 fully saturated rings. The molecular formula is C11H13N3O3. The van der Waals surface area contributed by atoms with Crippen LogP contribution in [0.2, 0.25) is 0 Å². The molecule has 17 heavy (non-hydrogen) atoms. The minimum atomic E-state index is -0.799. The maximum atomic E-state index is 11.4. The van der Waals surface area contributed by atoms with Gasteiger partial charge in [0.2, 0.25) is 5.91 Å². The van der Waals surface area contributed by atoms with Gasteiger partial charge in [-0.3, -0.25) is 4.79 Å². The third-order valence-corrected chi connectivity index (χ3v) is 2.17. The number of aromatic hydroxyl groups is 2. The molecule has 0 aliphatic carbocycles. The van der Waals surface area contributed by atoms with Gasteiger partial charge in [-0.05, 0) is 24.1 Å². The van der Waals surface area contributed by atoms with E-state index < -0.39 is 11.9 Å². The summed E-state index contributed by atoms with van der Waals surface area (Å²) in [4.78, 5) is 11.4. The first-order valence-corrected chi connectivity index (χ1v) is 4.95. The van der Waals surface area contributed by atoms with Crippen molar-refractivity contribution in [3.05, 3.63) is 23.8 Å². The highest BCUT2D eigenvalue weighted by molar-refractivity contribution is 5.82. The van der Waals surface area contributed by atoms with Gasteiger partial charge in [0.25, 0.3) is 0 Å². The summed E-state index contributed by atoms with van der Waals surface area (Å²) >= 11 is 0. The smallest absolute Gasteiger partial charge is 0.238 e. The topological polar surface area (TPSA) is 119 Å². The Morgan fingerprint density at radius 2 is 2.18 bits per heavy atom. The van der Waals surface area contributed by atoms with Gasteiger partial charge in [-0.25, -0.2) is 0 Å². The van der Waals surface area contributed by atoms with Crippen LogP contribution in [0.1, 0.15) is 5.56 Å². The molecule has 0 aliphatic rings. The first kappa shape index (κ1) is 12.8. The molecule has 6 heteroatoms. The van der Waals surface area contributed by atoms with E-state index in [1.54, 1.807) is 12.1 Å². The summed E-state index contributed by atoms with van der Waals surface area (Å²) in [5, 5.41) is 29.0. The fourth-order valence-corrected chi connectivity index (χ4v) is 1.30. The van der Waals surface area contributed by atoms with Gasteiger partial charge in [-0.2, -0.15) is 5.26 Å². The molecule has 0 saturated heterocycles. The quantitative estimate of drug-likeness (QED) is 0.418. The van der Waals surface area contributed by atoms with E-state index in [1.807, 2.05) is 0 Å². The Morgan fingerprint density at radius 3 is 2.76 bits per heavy atom. The van der Waals surface area contributed by atoms with Crippen LogP contribution >= 0.6 is 0 Å². The van der Waals surface area contributed by atoms with Gasteiger partial charge in [-0.15, -0.1) is 0 Å². The van der Waals surface area contributed by atoms with Crippen molar-refractivity contribution in [2.75, 3.05) is 6.54 Å². The second-order valence-electron chi connectivity index (χ2n) is 3.51. The first-order chi connectivity index (χ1) is 8.04. The highest BCUT2D eigenvalue weighted by Crippen LogP contribution is 2.25. The van der Waals surface area contributed by atoms with E-state index in [4.69, 9.17) is 16.1 Å². The Morgan fingerprint density at radius 1 is 1.47 bits per heavy atom. The molecule has 0 saturated carbocycles. The van der Waals surface area contributed by atoms with Gasteiger partial charge in [0.05, 0.1) is 12.1 Å². The second-order valence-corrected chi connectivity index (χ2v) is 3.51. The van der Waals surface area contributed by atoms with Crippen molar-refractivity contribution in [2.24, 2.45) is 5.73 Å². The Kier molecular flexibility index (Phi) is 4.31. The van der Waals surface area contributed by atoms with Crippen molar-refractivity contribution in [2.45, 2.75) is 12.5 Å². The molecule has 1 atom stereocenters. The number of nitriles is 1. The lowest BCUT2D eigenvalue weighted by Gasteiger charge is -2.11. The summed E-state index contributed by atoms with van der Waals surface area (Å²) in [5.41, 5.74) is 6.24. The highest BCUT2D eigenvalue weighted by atomic mass is 16.3. The lowest BCUT2D eigenvalue weighted by molar-refractivity contribution is -0.122. The molecule has 0 radical (unpaired) electrons. The molecule has 0 unspecified atom stereocenters. The van der Waals surface area contributed by atoms with Crippen LogP contribution in [0, 0.1) is 11.3 Å². The number of nitrogens with zero attached hydrogens (tertiary/aromatic N) is 1. The van der Waals surface area contributed by atoms with Crippen molar-refractivity contribution in [3.63, 3.8) is 0 Å². The van der Waals surface area contributed by atoms with Crippen LogP contribution in [0.3, 0.4) is 0 Å². The van der Waals surface area contributed by atoms with Crippen LogP contribution in [0.25, 0.3) is 0 Å². The van der Waals surface area contributed by atoms with Crippen LogP contribution < -0.4 is 11.1 Å². The molecule has 90 valence electrons. The molecule has 0 bridgehead atoms. The number of nitrogens with one attached hydrogen (secondary N) is 1. The van der Waals surface area contributed by atoms with Gasteiger partial charge in [0, 0.05) is 0 Å². The summed E-state index contributed by atoms with van der Waals surface area (Å²) in [6, 6.07) is 5.20. The summed E-state index contributed by atoms with van der Waals surface area (Å²) < 4.78 is 0. The monoisotopic (exact) mass is 235 g/mol. The van der Waals surface area contributed by atoms with Crippen LogP contribution in [0.15, 0.2) is 18.2 Å². The SMILES string of the molecule is N#CCNC(=O)[C@@H](N)Cc1ccc(O)c(O)c1. The Hall–Kier alpha value is -2.26. The number of phenols is 2. The fourth-order valence-electron chi connectivity index (χ4n) is 1.30. The van der Waals surface area contributed by atoms with E-state index in [1.165, 1.54) is 12.1 Å². The average molecular weight is 235 g/mol. The van der Waals surface area contributed by atoms with Crippen molar-refractivity contribution < 1.29 is 15.0 Å². The van der Waals surface area contributed by atoms with Gasteiger partial charge in [-0.1, -0.05) is 6.07 Å². The minimum absolute atomic E-state index is 0.0899. The van der Waals surface area contributed by atoms with E-state index in [0.29, 0.717) is 5.56 Å². The molecule has 0 heterocycles. The first-order valence-electron chi connectivity index (χ1n) is 4.95. The van der Waals surface area contributed by atoms with Gasteiger partial charge in [0.15, 0.2) is 11.5 Å². The number of amides is 1. The van der Waals surface area contributed by atoms with Crippen molar-refractivity contribution in [1.29, 1.82) is 5.26 Å². The fraction of sp³-hybridized carbons (Fsp3) is 0.273. The van der Waals surface area contributed by atoms with Crippen LogP contribution in [0.5, 0.6) is 11.5 Å². The molecule has 1 amide bonds. The minimum Gasteiger partial charge on any atom is -0.504 e. The zero-order chi connectivity index (χ0) is 12.8. The standard InChI is InChI=1S/C11H13N3O3/c12-3-4-14-11(17)8(13)5-7-1-2-9(15)10(16)6-7/h1-2,6,8,15-16H,4-5,13H2,(H,14,17)/t8-/m0/s1. The second kappa shape index (κ2) is 5.72. The van der Waals surface area contributed by atoms with Crippen molar-refractivity contribution in [1.82, 2.24) is 5.32 Å². The van der Waals surface area contributed by atoms with E-state index in [9.17, 15) is 9.90 Å². The zero-order valence-corrected chi connectivity index (χ0v) is 9.05. The lowest BCUT2D eigenvalue weighted by atomic mass is 10.1. The molecule has 6 nitrogen and oxygen atoms in total. The third kappa shape index (κ3) is 3.66. The number of hydrogen-bond donors (Lipinski definition) is 4. The van der Waals surface area contributed by atoms with Gasteiger partial charge >= 0.3 is 0 Å². The largest absolute Gasteiger partial charge is 0.504 e. The Labute approximate surface area is 98.3 Å². The summed E-state index contributed by atoms with van der Waals surface area (Å²) in [6.07, 6.45) is 0.213. The molecule has 0 spiro atoms. The predicted octanol–water partition coefficient (Wildman–Crippen LogP) is -0.393. The highest BCUT2D eigenvalue weighted by Gasteiger charge is 2.14. The summed E-state index contributed by atoms with van der Waals surface area (Å²) in [5.74, 6) is -0.914. The van der Waals surface area contributed by atoms with Gasteiger partial charge < -0.3 is 21.3 Å². The number of carbonyl (C=O) groups is 1. The molecule has 1 aromatic carbocycles. The number of benzene rings is 1. The maximum Gasteiger partial charge on any atom is 0.238 e. The molecule has 5 N–H and O–H groups in total. The molecule has 1 aromatic rings.